The van der Waals surface area contributed by atoms with Gasteiger partial charge in [-0.1, -0.05) is 7.43 Å². The largest absolute Gasteiger partial charge is 0.0776 e. The Morgan fingerprint density at radius 2 is 1.00 bits per heavy atom. The summed E-state index contributed by atoms with van der Waals surface area (Å²) in [6.45, 7) is 0. The fourth-order valence-electron chi connectivity index (χ4n) is 0. The summed E-state index contributed by atoms with van der Waals surface area (Å²) >= 11 is 0. The summed E-state index contributed by atoms with van der Waals surface area (Å²) in [5, 5.41) is 0. The molecule has 5 heavy (non-hydrogen) atoms. The monoisotopic (exact) mass is 369 g/mol. The Morgan fingerprint density at radius 1 is 1.00 bits per heavy atom. The third-order valence-corrected chi connectivity index (χ3v) is 0. The fraction of sp³-hybridized carbons (Fsp3) is 1.00. The molecule has 0 saturated carbocycles. The molecular weight excluding hydrogens is 365 g/mol. The van der Waals surface area contributed by atoms with Gasteiger partial charge < -0.3 is 0 Å². The van der Waals surface area contributed by atoms with E-state index in [9.17, 15) is 0 Å². The Bertz CT molecular complexity index is 11.6. The Labute approximate surface area is 78.4 Å². The molecule has 0 heterocycles. The topological polar surface area (TPSA) is 0 Å². The maximum Gasteiger partial charge on any atom is 0 e. The van der Waals surface area contributed by atoms with Crippen LogP contribution in [-0.2, 0) is 71.7 Å². The van der Waals surface area contributed by atoms with Gasteiger partial charge in [0, 0.05) is 71.7 Å². The normalized spacial score (nSPS) is 0. The molecule has 0 bridgehead atoms. The van der Waals surface area contributed by atoms with Gasteiger partial charge in [-0.05, 0) is 0 Å². The molecule has 4 heteroatoms. The standard InChI is InChI=1S/CH4.Fe.Mn.Ni.W/h1H4;;;;. The summed E-state index contributed by atoms with van der Waals surface area (Å²) in [4.78, 5) is 0. The minimum absolute atomic E-state index is 0. The predicted octanol–water partition coefficient (Wildman–Crippen LogP) is 0.626. The maximum atomic E-state index is 0. The van der Waals surface area contributed by atoms with Crippen molar-refractivity contribution in [2.24, 2.45) is 0 Å². The van der Waals surface area contributed by atoms with Crippen LogP contribution in [0.5, 0.6) is 0 Å². The number of hydrogen-bond donors (Lipinski definition) is 0. The first kappa shape index (κ1) is 56.7. The van der Waals surface area contributed by atoms with E-state index in [1.807, 2.05) is 0 Å². The first-order chi connectivity index (χ1) is 0. The molecular formula is CH4FeMnNiW. The first-order valence-corrected chi connectivity index (χ1v) is 0. The summed E-state index contributed by atoms with van der Waals surface area (Å²) < 4.78 is 0. The van der Waals surface area contributed by atoms with E-state index in [2.05, 4.69) is 0 Å². The second-order valence-electron chi connectivity index (χ2n) is 0. The molecule has 0 N–H and O–H groups in total. The predicted molar refractivity (Wildman–Crippen MR) is 6.73 cm³/mol. The zero-order valence-corrected chi connectivity index (χ0v) is 7.66. The van der Waals surface area contributed by atoms with Gasteiger partial charge in [0.05, 0.1) is 0 Å². The molecule has 0 fully saturated rings. The van der Waals surface area contributed by atoms with Crippen molar-refractivity contribution in [3.8, 4) is 0 Å². The molecule has 0 aromatic heterocycles. The van der Waals surface area contributed by atoms with Crippen molar-refractivity contribution in [1.29, 1.82) is 0 Å². The minimum Gasteiger partial charge on any atom is -0.0776 e. The summed E-state index contributed by atoms with van der Waals surface area (Å²) in [5.74, 6) is 0. The van der Waals surface area contributed by atoms with Gasteiger partial charge in [0.1, 0.15) is 0 Å². The quantitative estimate of drug-likeness (QED) is 0.550. The zero-order valence-electron chi connectivity index (χ0n) is 1.46. The van der Waals surface area contributed by atoms with Crippen molar-refractivity contribution >= 4 is 0 Å². The van der Waals surface area contributed by atoms with Crippen molar-refractivity contribution in [2.45, 2.75) is 7.43 Å². The molecule has 0 aliphatic carbocycles. The van der Waals surface area contributed by atoms with Crippen molar-refractivity contribution in [1.82, 2.24) is 0 Å². The zero-order chi connectivity index (χ0) is 0. The molecule has 0 aliphatic rings. The summed E-state index contributed by atoms with van der Waals surface area (Å²) in [5.41, 5.74) is 0. The Morgan fingerprint density at radius 3 is 1.00 bits per heavy atom. The van der Waals surface area contributed by atoms with Crippen LogP contribution in [0.4, 0.5) is 0 Å². The van der Waals surface area contributed by atoms with Crippen molar-refractivity contribution in [3.05, 3.63) is 0 Å². The molecule has 1 radical (unpaired) electrons. The van der Waals surface area contributed by atoms with Crippen LogP contribution >= 0.6 is 0 Å². The van der Waals surface area contributed by atoms with E-state index in [0.29, 0.717) is 0 Å². The second kappa shape index (κ2) is 34.4. The van der Waals surface area contributed by atoms with Gasteiger partial charge in [-0.2, -0.15) is 0 Å². The van der Waals surface area contributed by atoms with Crippen LogP contribution in [0.25, 0.3) is 0 Å². The molecule has 0 aliphatic heterocycles. The molecule has 0 nitrogen and oxygen atoms in total. The summed E-state index contributed by atoms with van der Waals surface area (Å²) in [6.07, 6.45) is 0. The van der Waals surface area contributed by atoms with Crippen LogP contribution in [0, 0.1) is 0 Å². The molecule has 0 amide bonds. The fourth-order valence-corrected chi connectivity index (χ4v) is 0. The molecule has 39 valence electrons. The minimum atomic E-state index is 0. The average molecular weight is 369 g/mol. The molecule has 0 rings (SSSR count). The van der Waals surface area contributed by atoms with Crippen molar-refractivity contribution in [3.63, 3.8) is 0 Å². The Hall–Kier alpha value is 2.22. The number of hydrogen-bond acceptors (Lipinski definition) is 0. The van der Waals surface area contributed by atoms with E-state index >= 15 is 0 Å². The van der Waals surface area contributed by atoms with E-state index < -0.39 is 0 Å². The third-order valence-electron chi connectivity index (χ3n) is 0. The van der Waals surface area contributed by atoms with Gasteiger partial charge in [0.2, 0.25) is 0 Å². The van der Waals surface area contributed by atoms with Crippen LogP contribution in [0.3, 0.4) is 0 Å². The molecule has 0 unspecified atom stereocenters. The smallest absolute Gasteiger partial charge is 0 e. The molecule has 0 aromatic carbocycles. The summed E-state index contributed by atoms with van der Waals surface area (Å²) in [6, 6.07) is 0. The van der Waals surface area contributed by atoms with Crippen molar-refractivity contribution < 1.29 is 71.7 Å². The molecule has 0 spiro atoms. The SMILES string of the molecule is C.[Fe].[Mn].[Ni].[W]. The van der Waals surface area contributed by atoms with Crippen LogP contribution < -0.4 is 0 Å². The van der Waals surface area contributed by atoms with E-state index in [0.717, 1.165) is 0 Å². The van der Waals surface area contributed by atoms with Crippen LogP contribution in [0.15, 0.2) is 0 Å². The first-order valence-electron chi connectivity index (χ1n) is 0. The number of rotatable bonds is 0. The molecule has 0 aromatic rings. The van der Waals surface area contributed by atoms with Gasteiger partial charge in [-0.15, -0.1) is 0 Å². The second-order valence-corrected chi connectivity index (χ2v) is 0. The van der Waals surface area contributed by atoms with Gasteiger partial charge in [-0.25, -0.2) is 0 Å². The van der Waals surface area contributed by atoms with Crippen LogP contribution in [0.2, 0.25) is 0 Å². The average Bonchev–Trinajstić information content (AvgIpc) is 0. The third kappa shape index (κ3) is 22.5. The maximum absolute atomic E-state index is 0. The molecule has 0 saturated heterocycles. The van der Waals surface area contributed by atoms with Gasteiger partial charge >= 0.3 is 0 Å². The van der Waals surface area contributed by atoms with E-state index in [1.165, 1.54) is 0 Å². The van der Waals surface area contributed by atoms with E-state index in [4.69, 9.17) is 0 Å². The van der Waals surface area contributed by atoms with Crippen LogP contribution in [0.1, 0.15) is 7.43 Å². The van der Waals surface area contributed by atoms with Crippen LogP contribution in [-0.4, -0.2) is 0 Å². The molecule has 0 atom stereocenters. The van der Waals surface area contributed by atoms with Gasteiger partial charge in [0.25, 0.3) is 0 Å². The van der Waals surface area contributed by atoms with Crippen molar-refractivity contribution in [2.75, 3.05) is 0 Å². The van der Waals surface area contributed by atoms with Gasteiger partial charge in [-0.3, -0.25) is 0 Å². The Kier molecular flexibility index (Phi) is 390. The summed E-state index contributed by atoms with van der Waals surface area (Å²) in [7, 11) is 0. The van der Waals surface area contributed by atoms with Gasteiger partial charge in [0.15, 0.2) is 0 Å². The van der Waals surface area contributed by atoms with E-state index in [1.54, 1.807) is 0 Å². The Balaban J connectivity index is 0. The van der Waals surface area contributed by atoms with E-state index in [-0.39, 0.29) is 79.1 Å².